The number of amides is 1. The van der Waals surface area contributed by atoms with Gasteiger partial charge in [0, 0.05) is 37.7 Å². The summed E-state index contributed by atoms with van der Waals surface area (Å²) in [6, 6.07) is 4.26. The van der Waals surface area contributed by atoms with Crippen molar-refractivity contribution in [3.63, 3.8) is 0 Å². The highest BCUT2D eigenvalue weighted by Gasteiger charge is 2.47. The summed E-state index contributed by atoms with van der Waals surface area (Å²) in [5.74, 6) is -1.39. The van der Waals surface area contributed by atoms with Gasteiger partial charge in [0.25, 0.3) is 11.6 Å². The molecule has 0 spiro atoms. The first-order chi connectivity index (χ1) is 13.1. The summed E-state index contributed by atoms with van der Waals surface area (Å²) in [5, 5.41) is 20.6. The van der Waals surface area contributed by atoms with E-state index in [4.69, 9.17) is 5.11 Å². The van der Waals surface area contributed by atoms with Crippen LogP contribution in [-0.2, 0) is 4.79 Å². The number of piperidine rings is 1. The zero-order chi connectivity index (χ0) is 20.6. The quantitative estimate of drug-likeness (QED) is 0.623. The van der Waals surface area contributed by atoms with E-state index in [2.05, 4.69) is 13.8 Å². The number of halogens is 1. The highest BCUT2D eigenvalue weighted by molar-refractivity contribution is 5.96. The van der Waals surface area contributed by atoms with Crippen molar-refractivity contribution in [3.05, 3.63) is 33.9 Å². The molecule has 2 fully saturated rings. The monoisotopic (exact) mass is 393 g/mol. The van der Waals surface area contributed by atoms with Crippen LogP contribution in [0.2, 0.25) is 0 Å². The molecule has 1 amide bonds. The standard InChI is InChI=1S/C19H24FN3O5/c1-12-7-13(2)10-22(9-12)15-4-3-14(8-16(15)23(27)28)17(24)21-6-5-19(20,11-21)18(25)26/h3-4,8,12-13H,5-7,9-11H2,1-2H3,(H,25,26). The van der Waals surface area contributed by atoms with Gasteiger partial charge in [0.2, 0.25) is 5.67 Å². The molecule has 0 aliphatic carbocycles. The molecule has 0 saturated carbocycles. The number of hydrogen-bond donors (Lipinski definition) is 1. The number of carboxylic acid groups (broad SMARTS) is 1. The predicted molar refractivity (Wildman–Crippen MR) is 100 cm³/mol. The molecule has 152 valence electrons. The molecule has 1 aromatic rings. The van der Waals surface area contributed by atoms with Crippen LogP contribution in [0.15, 0.2) is 18.2 Å². The first-order valence-corrected chi connectivity index (χ1v) is 9.35. The second-order valence-corrected chi connectivity index (χ2v) is 8.06. The van der Waals surface area contributed by atoms with E-state index < -0.39 is 29.0 Å². The molecule has 2 saturated heterocycles. The third-order valence-corrected chi connectivity index (χ3v) is 5.52. The molecular formula is C19H24FN3O5. The van der Waals surface area contributed by atoms with Gasteiger partial charge in [0.05, 0.1) is 11.5 Å². The van der Waals surface area contributed by atoms with Crippen molar-refractivity contribution < 1.29 is 24.0 Å². The minimum Gasteiger partial charge on any atom is -0.479 e. The van der Waals surface area contributed by atoms with Gasteiger partial charge in [0.1, 0.15) is 5.69 Å². The van der Waals surface area contributed by atoms with E-state index in [1.807, 2.05) is 4.90 Å². The third-order valence-electron chi connectivity index (χ3n) is 5.52. The summed E-state index contributed by atoms with van der Waals surface area (Å²) in [5.41, 5.74) is -2.12. The first kappa shape index (κ1) is 20.0. The topological polar surface area (TPSA) is 104 Å². The fourth-order valence-corrected chi connectivity index (χ4v) is 4.23. The Morgan fingerprint density at radius 1 is 1.29 bits per heavy atom. The van der Waals surface area contributed by atoms with E-state index in [0.717, 1.165) is 11.3 Å². The van der Waals surface area contributed by atoms with E-state index in [9.17, 15) is 24.1 Å². The minimum absolute atomic E-state index is 0.0433. The van der Waals surface area contributed by atoms with E-state index in [1.165, 1.54) is 12.1 Å². The van der Waals surface area contributed by atoms with Crippen LogP contribution in [0, 0.1) is 22.0 Å². The number of carboxylic acids is 1. The summed E-state index contributed by atoms with van der Waals surface area (Å²) in [7, 11) is 0. The summed E-state index contributed by atoms with van der Waals surface area (Å²) < 4.78 is 14.2. The number of nitro groups is 1. The van der Waals surface area contributed by atoms with Crippen molar-refractivity contribution in [3.8, 4) is 0 Å². The van der Waals surface area contributed by atoms with Gasteiger partial charge in [0.15, 0.2) is 0 Å². The normalized spacial score (nSPS) is 27.7. The maximum absolute atomic E-state index is 14.2. The van der Waals surface area contributed by atoms with Gasteiger partial charge in [-0.2, -0.15) is 0 Å². The number of hydrogen-bond acceptors (Lipinski definition) is 5. The van der Waals surface area contributed by atoms with Crippen LogP contribution < -0.4 is 4.90 Å². The molecule has 9 heteroatoms. The molecule has 28 heavy (non-hydrogen) atoms. The van der Waals surface area contributed by atoms with E-state index in [1.54, 1.807) is 6.07 Å². The molecule has 2 aliphatic rings. The van der Waals surface area contributed by atoms with Crippen molar-refractivity contribution in [1.82, 2.24) is 4.90 Å². The van der Waals surface area contributed by atoms with Gasteiger partial charge in [-0.15, -0.1) is 0 Å². The number of anilines is 1. The minimum atomic E-state index is -2.47. The zero-order valence-corrected chi connectivity index (χ0v) is 15.9. The molecule has 0 aromatic heterocycles. The van der Waals surface area contributed by atoms with Crippen LogP contribution in [0.4, 0.5) is 15.8 Å². The lowest BCUT2D eigenvalue weighted by Crippen LogP contribution is -2.39. The van der Waals surface area contributed by atoms with Gasteiger partial charge in [-0.1, -0.05) is 13.8 Å². The fourth-order valence-electron chi connectivity index (χ4n) is 4.23. The Kier molecular flexibility index (Phi) is 5.27. The second-order valence-electron chi connectivity index (χ2n) is 8.06. The molecule has 1 aromatic carbocycles. The SMILES string of the molecule is CC1CC(C)CN(c2ccc(C(=O)N3CCC(F)(C(=O)O)C3)cc2[N+](=O)[O-])C1. The molecule has 1 N–H and O–H groups in total. The fraction of sp³-hybridized carbons (Fsp3) is 0.579. The molecule has 3 rings (SSSR count). The molecule has 2 heterocycles. The van der Waals surface area contributed by atoms with Crippen molar-refractivity contribution >= 4 is 23.3 Å². The average molecular weight is 393 g/mol. The predicted octanol–water partition coefficient (Wildman–Crippen LogP) is 2.72. The number of aliphatic carboxylic acids is 1. The number of nitrogens with zero attached hydrogens (tertiary/aromatic N) is 3. The van der Waals surface area contributed by atoms with Gasteiger partial charge in [-0.05, 0) is 30.4 Å². The lowest BCUT2D eigenvalue weighted by Gasteiger charge is -2.36. The van der Waals surface area contributed by atoms with Gasteiger partial charge in [-0.25, -0.2) is 9.18 Å². The van der Waals surface area contributed by atoms with Crippen LogP contribution in [0.1, 0.15) is 37.0 Å². The lowest BCUT2D eigenvalue weighted by molar-refractivity contribution is -0.384. The lowest BCUT2D eigenvalue weighted by atomic mass is 9.91. The van der Waals surface area contributed by atoms with Crippen LogP contribution in [0.25, 0.3) is 0 Å². The van der Waals surface area contributed by atoms with Crippen LogP contribution in [-0.4, -0.2) is 58.7 Å². The summed E-state index contributed by atoms with van der Waals surface area (Å²) in [4.78, 5) is 37.9. The molecule has 2 aliphatic heterocycles. The number of likely N-dealkylation sites (tertiary alicyclic amines) is 1. The van der Waals surface area contributed by atoms with Crippen molar-refractivity contribution in [2.45, 2.75) is 32.4 Å². The Bertz CT molecular complexity index is 807. The zero-order valence-electron chi connectivity index (χ0n) is 15.9. The van der Waals surface area contributed by atoms with Crippen LogP contribution >= 0.6 is 0 Å². The number of carbonyl (C=O) groups excluding carboxylic acids is 1. The number of nitro benzene ring substituents is 1. The van der Waals surface area contributed by atoms with Crippen molar-refractivity contribution in [1.29, 1.82) is 0 Å². The summed E-state index contributed by atoms with van der Waals surface area (Å²) >= 11 is 0. The Morgan fingerprint density at radius 3 is 2.46 bits per heavy atom. The summed E-state index contributed by atoms with van der Waals surface area (Å²) in [6.07, 6.45) is 0.766. The maximum atomic E-state index is 14.2. The Morgan fingerprint density at radius 2 is 1.93 bits per heavy atom. The van der Waals surface area contributed by atoms with Gasteiger partial charge in [-0.3, -0.25) is 14.9 Å². The van der Waals surface area contributed by atoms with E-state index in [-0.39, 0.29) is 24.2 Å². The largest absolute Gasteiger partial charge is 0.479 e. The third kappa shape index (κ3) is 3.79. The van der Waals surface area contributed by atoms with Crippen molar-refractivity contribution in [2.75, 3.05) is 31.1 Å². The number of rotatable bonds is 4. The smallest absolute Gasteiger partial charge is 0.343 e. The number of benzene rings is 1. The van der Waals surface area contributed by atoms with Crippen molar-refractivity contribution in [2.24, 2.45) is 11.8 Å². The van der Waals surface area contributed by atoms with Gasteiger partial charge < -0.3 is 14.9 Å². The molecular weight excluding hydrogens is 369 g/mol. The van der Waals surface area contributed by atoms with Crippen LogP contribution in [0.3, 0.4) is 0 Å². The Labute approximate surface area is 162 Å². The molecule has 3 atom stereocenters. The molecule has 8 nitrogen and oxygen atoms in total. The molecule has 0 bridgehead atoms. The second kappa shape index (κ2) is 7.37. The molecule has 3 unspecified atom stereocenters. The van der Waals surface area contributed by atoms with E-state index >= 15 is 0 Å². The average Bonchev–Trinajstić information content (AvgIpc) is 3.03. The summed E-state index contributed by atoms with van der Waals surface area (Å²) in [6.45, 7) is 5.01. The van der Waals surface area contributed by atoms with E-state index in [0.29, 0.717) is 30.6 Å². The van der Waals surface area contributed by atoms with Crippen LogP contribution in [0.5, 0.6) is 0 Å². The Hall–Kier alpha value is -2.71. The maximum Gasteiger partial charge on any atom is 0.343 e. The van der Waals surface area contributed by atoms with Gasteiger partial charge >= 0.3 is 5.97 Å². The number of alkyl halides is 1. The highest BCUT2D eigenvalue weighted by atomic mass is 19.1. The molecule has 0 radical (unpaired) electrons. The number of carbonyl (C=O) groups is 2. The Balaban J connectivity index is 1.86. The first-order valence-electron chi connectivity index (χ1n) is 9.35. The highest BCUT2D eigenvalue weighted by Crippen LogP contribution is 2.35.